The molecule has 0 aromatic heterocycles. The van der Waals surface area contributed by atoms with Crippen molar-refractivity contribution in [1.29, 1.82) is 0 Å². The Morgan fingerprint density at radius 1 is 1.18 bits per heavy atom. The summed E-state index contributed by atoms with van der Waals surface area (Å²) in [6.45, 7) is 11.9. The van der Waals surface area contributed by atoms with Crippen LogP contribution in [0.1, 0.15) is 54.4 Å². The van der Waals surface area contributed by atoms with Crippen LogP contribution < -0.4 is 9.98 Å². The van der Waals surface area contributed by atoms with Crippen LogP contribution in [0.4, 0.5) is 0 Å². The predicted molar refractivity (Wildman–Crippen MR) is 98.9 cm³/mol. The van der Waals surface area contributed by atoms with Gasteiger partial charge in [-0.25, -0.2) is 0 Å². The van der Waals surface area contributed by atoms with E-state index in [4.69, 9.17) is 23.5 Å². The molecule has 1 N–H and O–H groups in total. The molecular formula is C18H34NO7PW-2. The summed E-state index contributed by atoms with van der Waals surface area (Å²) in [7, 11) is -4.28. The van der Waals surface area contributed by atoms with Crippen LogP contribution in [0.25, 0.3) is 0 Å². The standard InChI is InChI=1S/C18H35NO7P.W/c1-11(2)22-10-18-16(8-14(6)25-18)26-27(20,21)19-9-17-15(23-12(3)4)7-13(5)24-17;/h11-17H,7-10H2,1-6H3,(H2,19,20,21);/q-1;/p-1/t13-,14-,15?,16+,17+;/m0./s1. The summed E-state index contributed by atoms with van der Waals surface area (Å²) in [6.07, 6.45) is 0.623. The van der Waals surface area contributed by atoms with Crippen molar-refractivity contribution in [3.63, 3.8) is 0 Å². The summed E-state index contributed by atoms with van der Waals surface area (Å²) in [5, 5.41) is 2.51. The predicted octanol–water partition coefficient (Wildman–Crippen LogP) is 2.16. The molecule has 166 valence electrons. The third kappa shape index (κ3) is 8.79. The van der Waals surface area contributed by atoms with Crippen LogP contribution in [0.3, 0.4) is 0 Å². The molecule has 2 aliphatic heterocycles. The Kier molecular flexibility index (Phi) is 11.3. The average molecular weight is 591 g/mol. The van der Waals surface area contributed by atoms with Gasteiger partial charge < -0.3 is 28.4 Å². The van der Waals surface area contributed by atoms with E-state index in [9.17, 15) is 9.46 Å². The van der Waals surface area contributed by atoms with Crippen LogP contribution in [0.5, 0.6) is 0 Å². The molecule has 0 spiro atoms. The SMILES string of the molecule is CC(C)OC[C-]1O[C@@H](C)C[C@H]1OP(=O)([O-])NC[C@H]1O[C@@H](C)CC1OC(C)C.[W]. The van der Waals surface area contributed by atoms with Crippen molar-refractivity contribution in [3.05, 3.63) is 6.10 Å². The van der Waals surface area contributed by atoms with Crippen molar-refractivity contribution in [3.8, 4) is 0 Å². The van der Waals surface area contributed by atoms with Crippen molar-refractivity contribution in [2.75, 3.05) is 13.2 Å². The quantitative estimate of drug-likeness (QED) is 0.305. The van der Waals surface area contributed by atoms with Crippen molar-refractivity contribution >= 4 is 7.75 Å². The molecule has 0 aromatic carbocycles. The first kappa shape index (κ1) is 26.7. The van der Waals surface area contributed by atoms with E-state index in [1.54, 1.807) is 0 Å². The Bertz CT molecular complexity index is 510. The molecule has 6 atom stereocenters. The normalized spacial score (nSPS) is 33.4. The second kappa shape index (κ2) is 11.9. The van der Waals surface area contributed by atoms with Gasteiger partial charge in [0.2, 0.25) is 7.75 Å². The molecule has 0 amide bonds. The molecule has 0 aromatic rings. The average Bonchev–Trinajstić information content (AvgIpc) is 3.04. The first-order valence-corrected chi connectivity index (χ1v) is 11.3. The minimum absolute atomic E-state index is 0. The van der Waals surface area contributed by atoms with Gasteiger partial charge in [0.15, 0.2) is 0 Å². The van der Waals surface area contributed by atoms with Crippen molar-refractivity contribution in [2.24, 2.45) is 0 Å². The maximum absolute atomic E-state index is 12.4. The Hall–Kier alpha value is 0.638. The number of ether oxygens (including phenoxy) is 4. The van der Waals surface area contributed by atoms with Gasteiger partial charge in [-0.1, -0.05) is 0 Å². The number of hydrogen-bond donors (Lipinski definition) is 1. The molecule has 2 heterocycles. The first-order chi connectivity index (χ1) is 12.6. The maximum atomic E-state index is 12.4. The van der Waals surface area contributed by atoms with Crippen LogP contribution in [-0.4, -0.2) is 55.9 Å². The molecular weight excluding hydrogens is 557 g/mol. The second-order valence-corrected chi connectivity index (χ2v) is 9.41. The monoisotopic (exact) mass is 591 g/mol. The summed E-state index contributed by atoms with van der Waals surface area (Å²) in [6, 6.07) is 0. The van der Waals surface area contributed by atoms with Gasteiger partial charge in [-0.3, -0.25) is 9.65 Å². The summed E-state index contributed by atoms with van der Waals surface area (Å²) < 4.78 is 40.6. The van der Waals surface area contributed by atoms with Crippen LogP contribution in [0.15, 0.2) is 0 Å². The summed E-state index contributed by atoms with van der Waals surface area (Å²) in [5.41, 5.74) is 0. The van der Waals surface area contributed by atoms with Gasteiger partial charge in [0.1, 0.15) is 0 Å². The van der Waals surface area contributed by atoms with Gasteiger partial charge in [-0.15, -0.1) is 6.10 Å². The molecule has 2 unspecified atom stereocenters. The zero-order chi connectivity index (χ0) is 20.2. The van der Waals surface area contributed by atoms with E-state index >= 15 is 0 Å². The van der Waals surface area contributed by atoms with Crippen LogP contribution in [-0.2, 0) is 49.1 Å². The van der Waals surface area contributed by atoms with Crippen molar-refractivity contribution < 1.29 is 54.0 Å². The fraction of sp³-hybridized carbons (Fsp3) is 0.944. The largest absolute Gasteiger partial charge is 0.766 e. The minimum Gasteiger partial charge on any atom is -0.766 e. The third-order valence-electron chi connectivity index (χ3n) is 4.40. The van der Waals surface area contributed by atoms with E-state index in [0.29, 0.717) is 12.5 Å². The van der Waals surface area contributed by atoms with E-state index in [1.165, 1.54) is 0 Å². The topological polar surface area (TPSA) is 98.3 Å². The smallest absolute Gasteiger partial charge is 0.202 e. The number of hydrogen-bond acceptors (Lipinski definition) is 7. The summed E-state index contributed by atoms with van der Waals surface area (Å²) in [4.78, 5) is 12.4. The minimum atomic E-state index is -4.28. The molecule has 2 rings (SSSR count). The summed E-state index contributed by atoms with van der Waals surface area (Å²) in [5.74, 6) is 0. The van der Waals surface area contributed by atoms with E-state index in [-0.39, 0.29) is 70.8 Å². The van der Waals surface area contributed by atoms with E-state index < -0.39 is 13.9 Å². The van der Waals surface area contributed by atoms with Crippen LogP contribution >= 0.6 is 7.75 Å². The molecule has 0 bridgehead atoms. The molecule has 0 aliphatic carbocycles. The van der Waals surface area contributed by atoms with Crippen LogP contribution in [0, 0.1) is 6.10 Å². The van der Waals surface area contributed by atoms with Crippen LogP contribution in [0.2, 0.25) is 0 Å². The van der Waals surface area contributed by atoms with E-state index in [1.807, 2.05) is 41.5 Å². The number of nitrogens with one attached hydrogen (secondary N) is 1. The Labute approximate surface area is 183 Å². The zero-order valence-electron chi connectivity index (χ0n) is 17.6. The third-order valence-corrected chi connectivity index (χ3v) is 5.50. The summed E-state index contributed by atoms with van der Waals surface area (Å²) >= 11 is 0. The first-order valence-electron chi connectivity index (χ1n) is 9.75. The van der Waals surface area contributed by atoms with E-state index in [2.05, 4.69) is 5.09 Å². The van der Waals surface area contributed by atoms with Gasteiger partial charge in [0.05, 0.1) is 24.4 Å². The molecule has 28 heavy (non-hydrogen) atoms. The maximum Gasteiger partial charge on any atom is 0.202 e. The molecule has 2 aliphatic rings. The van der Waals surface area contributed by atoms with E-state index in [0.717, 1.165) is 6.42 Å². The molecule has 2 fully saturated rings. The number of rotatable bonds is 10. The van der Waals surface area contributed by atoms with Gasteiger partial charge in [-0.2, -0.15) is 0 Å². The molecule has 2 saturated heterocycles. The molecule has 0 radical (unpaired) electrons. The fourth-order valence-electron chi connectivity index (χ4n) is 3.29. The van der Waals surface area contributed by atoms with Gasteiger partial charge in [0.25, 0.3) is 0 Å². The molecule has 8 nitrogen and oxygen atoms in total. The Balaban J connectivity index is 0.00000392. The van der Waals surface area contributed by atoms with Crippen molar-refractivity contribution in [1.82, 2.24) is 5.09 Å². The fourth-order valence-corrected chi connectivity index (χ4v) is 4.31. The van der Waals surface area contributed by atoms with Crippen molar-refractivity contribution in [2.45, 2.75) is 97.1 Å². The Morgan fingerprint density at radius 3 is 2.46 bits per heavy atom. The Morgan fingerprint density at radius 2 is 1.86 bits per heavy atom. The zero-order valence-corrected chi connectivity index (χ0v) is 21.4. The second-order valence-electron chi connectivity index (χ2n) is 7.89. The van der Waals surface area contributed by atoms with Gasteiger partial charge in [0, 0.05) is 46.2 Å². The van der Waals surface area contributed by atoms with Gasteiger partial charge in [-0.05, 0) is 60.7 Å². The molecule has 10 heteroatoms. The van der Waals surface area contributed by atoms with Gasteiger partial charge >= 0.3 is 0 Å². The molecule has 0 saturated carbocycles.